The molecule has 0 aliphatic rings. The second-order valence-corrected chi connectivity index (χ2v) is 8.07. The van der Waals surface area contributed by atoms with Crippen molar-refractivity contribution in [1.29, 1.82) is 0 Å². The van der Waals surface area contributed by atoms with Gasteiger partial charge in [0, 0.05) is 22.4 Å². The standard InChI is InChI=1S/C24H20BrN3O3/c1-15-6-5-9-20(16(15)2)27-21-8-4-3-7-19(21)24(30)31-14-18-12-23(29)28-13-17(25)10-11-22(28)26-18/h3-13,27H,14H2,1-2H3. The molecule has 2 aromatic heterocycles. The van der Waals surface area contributed by atoms with Crippen LogP contribution in [0.2, 0.25) is 0 Å². The fraction of sp³-hybridized carbons (Fsp3) is 0.125. The molecular weight excluding hydrogens is 458 g/mol. The van der Waals surface area contributed by atoms with E-state index in [4.69, 9.17) is 4.74 Å². The highest BCUT2D eigenvalue weighted by atomic mass is 79.9. The highest BCUT2D eigenvalue weighted by Crippen LogP contribution is 2.26. The van der Waals surface area contributed by atoms with Gasteiger partial charge in [-0.1, -0.05) is 24.3 Å². The molecule has 1 N–H and O–H groups in total. The largest absolute Gasteiger partial charge is 0.456 e. The second-order valence-electron chi connectivity index (χ2n) is 7.16. The Hall–Kier alpha value is -3.45. The summed E-state index contributed by atoms with van der Waals surface area (Å²) in [6, 6.07) is 18.0. The topological polar surface area (TPSA) is 72.7 Å². The SMILES string of the molecule is Cc1cccc(Nc2ccccc2C(=O)OCc2cc(=O)n3cc(Br)ccc3n2)c1C. The highest BCUT2D eigenvalue weighted by Gasteiger charge is 2.14. The van der Waals surface area contributed by atoms with E-state index in [-0.39, 0.29) is 12.2 Å². The number of fused-ring (bicyclic) bond motifs is 1. The molecule has 0 saturated carbocycles. The lowest BCUT2D eigenvalue weighted by atomic mass is 10.1. The van der Waals surface area contributed by atoms with Gasteiger partial charge in [0.25, 0.3) is 5.56 Å². The Morgan fingerprint density at radius 2 is 1.84 bits per heavy atom. The predicted octanol–water partition coefficient (Wildman–Crippen LogP) is 5.17. The Labute approximate surface area is 187 Å². The van der Waals surface area contributed by atoms with Gasteiger partial charge in [-0.05, 0) is 71.2 Å². The number of nitrogens with zero attached hydrogens (tertiary/aromatic N) is 2. The minimum Gasteiger partial charge on any atom is -0.456 e. The number of esters is 1. The molecule has 156 valence electrons. The van der Waals surface area contributed by atoms with Crippen LogP contribution in [-0.4, -0.2) is 15.4 Å². The summed E-state index contributed by atoms with van der Waals surface area (Å²) < 4.78 is 7.68. The van der Waals surface area contributed by atoms with Crippen molar-refractivity contribution in [2.75, 3.05) is 5.32 Å². The first-order valence-corrected chi connectivity index (χ1v) is 10.5. The van der Waals surface area contributed by atoms with Gasteiger partial charge in [0.15, 0.2) is 0 Å². The Bertz CT molecular complexity index is 1350. The number of halogens is 1. The number of ether oxygens (including phenoxy) is 1. The molecule has 4 aromatic rings. The third-order valence-corrected chi connectivity index (χ3v) is 5.52. The van der Waals surface area contributed by atoms with Crippen LogP contribution < -0.4 is 10.9 Å². The number of pyridine rings is 1. The quantitative estimate of drug-likeness (QED) is 0.401. The van der Waals surface area contributed by atoms with Crippen LogP contribution in [0.5, 0.6) is 0 Å². The average molecular weight is 478 g/mol. The molecule has 0 atom stereocenters. The lowest BCUT2D eigenvalue weighted by Crippen LogP contribution is -2.17. The summed E-state index contributed by atoms with van der Waals surface area (Å²) in [5.41, 5.74) is 4.88. The summed E-state index contributed by atoms with van der Waals surface area (Å²) in [6.45, 7) is 3.97. The van der Waals surface area contributed by atoms with E-state index in [1.165, 1.54) is 10.5 Å². The van der Waals surface area contributed by atoms with E-state index in [0.717, 1.165) is 21.3 Å². The lowest BCUT2D eigenvalue weighted by molar-refractivity contribution is 0.0469. The van der Waals surface area contributed by atoms with Crippen LogP contribution in [0.15, 0.2) is 76.1 Å². The van der Waals surface area contributed by atoms with E-state index in [1.807, 2.05) is 44.2 Å². The second kappa shape index (κ2) is 8.73. The van der Waals surface area contributed by atoms with Gasteiger partial charge in [0.05, 0.1) is 16.9 Å². The molecule has 31 heavy (non-hydrogen) atoms. The highest BCUT2D eigenvalue weighted by molar-refractivity contribution is 9.10. The molecule has 0 bridgehead atoms. The summed E-state index contributed by atoms with van der Waals surface area (Å²) in [6.07, 6.45) is 1.65. The van der Waals surface area contributed by atoms with Gasteiger partial charge in [-0.2, -0.15) is 0 Å². The molecule has 0 radical (unpaired) electrons. The number of nitrogens with one attached hydrogen (secondary N) is 1. The number of aromatic nitrogens is 2. The number of carbonyl (C=O) groups is 1. The van der Waals surface area contributed by atoms with Crippen molar-refractivity contribution < 1.29 is 9.53 Å². The Kier molecular flexibility index (Phi) is 5.86. The Balaban J connectivity index is 1.55. The van der Waals surface area contributed by atoms with Crippen LogP contribution in [0.25, 0.3) is 5.65 Å². The zero-order valence-corrected chi connectivity index (χ0v) is 18.6. The Morgan fingerprint density at radius 3 is 2.68 bits per heavy atom. The predicted molar refractivity (Wildman–Crippen MR) is 124 cm³/mol. The van der Waals surface area contributed by atoms with Crippen molar-refractivity contribution in [2.45, 2.75) is 20.5 Å². The first-order chi connectivity index (χ1) is 14.9. The van der Waals surface area contributed by atoms with Crippen LogP contribution in [0.4, 0.5) is 11.4 Å². The fourth-order valence-corrected chi connectivity index (χ4v) is 3.56. The summed E-state index contributed by atoms with van der Waals surface area (Å²) in [7, 11) is 0. The van der Waals surface area contributed by atoms with Gasteiger partial charge >= 0.3 is 5.97 Å². The third kappa shape index (κ3) is 4.51. The number of hydrogen-bond acceptors (Lipinski definition) is 5. The van der Waals surface area contributed by atoms with Crippen LogP contribution in [0.3, 0.4) is 0 Å². The van der Waals surface area contributed by atoms with E-state index in [1.54, 1.807) is 30.5 Å². The van der Waals surface area contributed by atoms with Gasteiger partial charge in [-0.25, -0.2) is 9.78 Å². The van der Waals surface area contributed by atoms with E-state index in [9.17, 15) is 9.59 Å². The van der Waals surface area contributed by atoms with Crippen LogP contribution in [-0.2, 0) is 11.3 Å². The fourth-order valence-electron chi connectivity index (χ4n) is 3.22. The van der Waals surface area contributed by atoms with E-state index >= 15 is 0 Å². The number of hydrogen-bond donors (Lipinski definition) is 1. The minimum absolute atomic E-state index is 0.0988. The first-order valence-electron chi connectivity index (χ1n) is 9.69. The molecule has 2 aromatic carbocycles. The van der Waals surface area contributed by atoms with Crippen molar-refractivity contribution in [3.8, 4) is 0 Å². The zero-order chi connectivity index (χ0) is 22.0. The maximum atomic E-state index is 12.8. The van der Waals surface area contributed by atoms with E-state index in [2.05, 4.69) is 26.2 Å². The van der Waals surface area contributed by atoms with Crippen molar-refractivity contribution in [1.82, 2.24) is 9.38 Å². The van der Waals surface area contributed by atoms with Gasteiger partial charge in [-0.15, -0.1) is 0 Å². The molecule has 0 amide bonds. The average Bonchev–Trinajstić information content (AvgIpc) is 2.76. The maximum absolute atomic E-state index is 12.8. The number of para-hydroxylation sites is 1. The molecular formula is C24H20BrN3O3. The molecule has 0 saturated heterocycles. The van der Waals surface area contributed by atoms with Crippen LogP contribution in [0.1, 0.15) is 27.2 Å². The molecule has 2 heterocycles. The van der Waals surface area contributed by atoms with Gasteiger partial charge < -0.3 is 10.1 Å². The first kappa shape index (κ1) is 20.8. The number of anilines is 2. The molecule has 0 unspecified atom stereocenters. The lowest BCUT2D eigenvalue weighted by Gasteiger charge is -2.14. The van der Waals surface area contributed by atoms with Gasteiger partial charge in [0.2, 0.25) is 0 Å². The molecule has 7 heteroatoms. The van der Waals surface area contributed by atoms with E-state index < -0.39 is 5.97 Å². The number of benzene rings is 2. The minimum atomic E-state index is -0.494. The normalized spacial score (nSPS) is 10.8. The van der Waals surface area contributed by atoms with Gasteiger partial charge in [0.1, 0.15) is 12.3 Å². The maximum Gasteiger partial charge on any atom is 0.340 e. The molecule has 0 aliphatic heterocycles. The number of aryl methyl sites for hydroxylation is 1. The van der Waals surface area contributed by atoms with Crippen molar-refractivity contribution >= 4 is 38.9 Å². The van der Waals surface area contributed by atoms with Crippen LogP contribution in [0, 0.1) is 13.8 Å². The third-order valence-electron chi connectivity index (χ3n) is 5.05. The van der Waals surface area contributed by atoms with Crippen LogP contribution >= 0.6 is 15.9 Å². The molecule has 4 rings (SSSR count). The number of carbonyl (C=O) groups excluding carboxylic acids is 1. The Morgan fingerprint density at radius 1 is 1.06 bits per heavy atom. The van der Waals surface area contributed by atoms with E-state index in [0.29, 0.717) is 22.6 Å². The zero-order valence-electron chi connectivity index (χ0n) is 17.1. The summed E-state index contributed by atoms with van der Waals surface area (Å²) in [4.78, 5) is 29.5. The smallest absolute Gasteiger partial charge is 0.340 e. The van der Waals surface area contributed by atoms with Crippen molar-refractivity contribution in [2.24, 2.45) is 0 Å². The molecule has 0 aliphatic carbocycles. The summed E-state index contributed by atoms with van der Waals surface area (Å²) in [5, 5.41) is 3.33. The van der Waals surface area contributed by atoms with Crippen molar-refractivity contribution in [3.05, 3.63) is 104 Å². The monoisotopic (exact) mass is 477 g/mol. The van der Waals surface area contributed by atoms with Crippen molar-refractivity contribution in [3.63, 3.8) is 0 Å². The molecule has 0 spiro atoms. The number of rotatable bonds is 5. The molecule has 0 fully saturated rings. The van der Waals surface area contributed by atoms with Gasteiger partial charge in [-0.3, -0.25) is 9.20 Å². The molecule has 6 nitrogen and oxygen atoms in total. The summed E-state index contributed by atoms with van der Waals surface area (Å²) >= 11 is 3.34. The summed E-state index contributed by atoms with van der Waals surface area (Å²) in [5.74, 6) is -0.494.